The highest BCUT2D eigenvalue weighted by atomic mass is 14.9. The quantitative estimate of drug-likeness (QED) is 0.211. The molecule has 37 heavy (non-hydrogen) atoms. The topological polar surface area (TPSA) is 89.4 Å². The molecule has 0 fully saturated rings. The van der Waals surface area contributed by atoms with Crippen molar-refractivity contribution in [3.8, 4) is 6.07 Å². The van der Waals surface area contributed by atoms with Gasteiger partial charge in [-0.15, -0.1) is 0 Å². The fourth-order valence-electron chi connectivity index (χ4n) is 4.33. The van der Waals surface area contributed by atoms with Crippen LogP contribution in [0.1, 0.15) is 33.4 Å². The highest BCUT2D eigenvalue weighted by Crippen LogP contribution is 2.31. The Morgan fingerprint density at radius 2 is 1.76 bits per heavy atom. The summed E-state index contributed by atoms with van der Waals surface area (Å²) in [4.78, 5) is 11.6. The first-order chi connectivity index (χ1) is 18.2. The first-order valence-corrected chi connectivity index (χ1v) is 12.3. The van der Waals surface area contributed by atoms with Gasteiger partial charge in [-0.05, 0) is 72.5 Å². The lowest BCUT2D eigenvalue weighted by atomic mass is 10.1. The second-order valence-electron chi connectivity index (χ2n) is 8.92. The number of fused-ring (bicyclic) bond motifs is 1. The maximum Gasteiger partial charge on any atom is 0.103 e. The van der Waals surface area contributed by atoms with Crippen LogP contribution in [0.2, 0.25) is 0 Å². The van der Waals surface area contributed by atoms with Crippen LogP contribution in [0.5, 0.6) is 0 Å². The molecular formula is C31H28N6. The number of pyridine rings is 2. The van der Waals surface area contributed by atoms with Gasteiger partial charge in [0.15, 0.2) is 0 Å². The SMILES string of the molecule is Cc1c(Nc2c(C#N)cncc2/C=C/c2ccc(CNCCc3ccncc3)cc2)ccc2[nH]ccc12. The van der Waals surface area contributed by atoms with Gasteiger partial charge in [-0.3, -0.25) is 9.97 Å². The monoisotopic (exact) mass is 484 g/mol. The molecule has 0 atom stereocenters. The van der Waals surface area contributed by atoms with E-state index in [2.05, 4.69) is 68.9 Å². The molecule has 0 radical (unpaired) electrons. The number of nitrogens with one attached hydrogen (secondary N) is 3. The lowest BCUT2D eigenvalue weighted by Gasteiger charge is -2.14. The Labute approximate surface area is 216 Å². The van der Waals surface area contributed by atoms with Gasteiger partial charge < -0.3 is 15.6 Å². The molecule has 0 unspecified atom stereocenters. The molecule has 0 aliphatic heterocycles. The smallest absolute Gasteiger partial charge is 0.103 e. The van der Waals surface area contributed by atoms with Gasteiger partial charge in [-0.1, -0.05) is 36.4 Å². The summed E-state index contributed by atoms with van der Waals surface area (Å²) in [6.45, 7) is 3.82. The Balaban J connectivity index is 1.27. The average molecular weight is 485 g/mol. The number of aromatic amines is 1. The lowest BCUT2D eigenvalue weighted by molar-refractivity contribution is 0.686. The lowest BCUT2D eigenvalue weighted by Crippen LogP contribution is -2.16. The van der Waals surface area contributed by atoms with Gasteiger partial charge in [0.05, 0.1) is 11.3 Å². The summed E-state index contributed by atoms with van der Waals surface area (Å²) in [6, 6.07) is 21.0. The Bertz CT molecular complexity index is 1560. The molecule has 3 aromatic heterocycles. The Morgan fingerprint density at radius 3 is 2.57 bits per heavy atom. The third kappa shape index (κ3) is 5.75. The van der Waals surface area contributed by atoms with E-state index in [4.69, 9.17) is 0 Å². The van der Waals surface area contributed by atoms with Crippen molar-refractivity contribution >= 4 is 34.4 Å². The molecule has 182 valence electrons. The minimum absolute atomic E-state index is 0.504. The van der Waals surface area contributed by atoms with Crippen LogP contribution in [0.25, 0.3) is 23.1 Å². The van der Waals surface area contributed by atoms with Crippen LogP contribution in [0, 0.1) is 18.3 Å². The number of hydrogen-bond acceptors (Lipinski definition) is 5. The van der Waals surface area contributed by atoms with Crippen LogP contribution in [0.3, 0.4) is 0 Å². The second-order valence-corrected chi connectivity index (χ2v) is 8.92. The first kappa shape index (κ1) is 24.0. The van der Waals surface area contributed by atoms with Crippen LogP contribution in [0.15, 0.2) is 85.6 Å². The second kappa shape index (κ2) is 11.3. The fraction of sp³-hybridized carbons (Fsp3) is 0.129. The number of anilines is 2. The van der Waals surface area contributed by atoms with Gasteiger partial charge >= 0.3 is 0 Å². The van der Waals surface area contributed by atoms with E-state index in [0.717, 1.165) is 58.5 Å². The molecule has 2 aromatic carbocycles. The van der Waals surface area contributed by atoms with Gasteiger partial charge in [-0.25, -0.2) is 0 Å². The van der Waals surface area contributed by atoms with E-state index in [9.17, 15) is 5.26 Å². The maximum absolute atomic E-state index is 9.73. The molecular weight excluding hydrogens is 456 g/mol. The Hall–Kier alpha value is -4.73. The molecule has 0 aliphatic carbocycles. The summed E-state index contributed by atoms with van der Waals surface area (Å²) in [7, 11) is 0. The summed E-state index contributed by atoms with van der Waals surface area (Å²) in [5.74, 6) is 0. The van der Waals surface area contributed by atoms with Crippen molar-refractivity contribution in [1.29, 1.82) is 5.26 Å². The first-order valence-electron chi connectivity index (χ1n) is 12.3. The normalized spacial score (nSPS) is 11.1. The predicted molar refractivity (Wildman–Crippen MR) is 150 cm³/mol. The molecule has 6 nitrogen and oxygen atoms in total. The van der Waals surface area contributed by atoms with Crippen molar-refractivity contribution in [1.82, 2.24) is 20.3 Å². The Kier molecular flexibility index (Phi) is 7.35. The van der Waals surface area contributed by atoms with Gasteiger partial charge in [0.2, 0.25) is 0 Å². The number of aryl methyl sites for hydroxylation is 1. The van der Waals surface area contributed by atoms with Crippen LogP contribution in [-0.2, 0) is 13.0 Å². The maximum atomic E-state index is 9.73. The van der Waals surface area contributed by atoms with Crippen molar-refractivity contribution in [3.63, 3.8) is 0 Å². The third-order valence-electron chi connectivity index (χ3n) is 6.46. The van der Waals surface area contributed by atoms with Crippen molar-refractivity contribution in [2.24, 2.45) is 0 Å². The van der Waals surface area contributed by atoms with Gasteiger partial charge in [0.1, 0.15) is 6.07 Å². The number of rotatable bonds is 9. The Morgan fingerprint density at radius 1 is 0.919 bits per heavy atom. The summed E-state index contributed by atoms with van der Waals surface area (Å²) >= 11 is 0. The zero-order chi connectivity index (χ0) is 25.5. The van der Waals surface area contributed by atoms with Crippen LogP contribution in [0.4, 0.5) is 11.4 Å². The highest BCUT2D eigenvalue weighted by molar-refractivity contribution is 5.90. The van der Waals surface area contributed by atoms with Gasteiger partial charge in [-0.2, -0.15) is 5.26 Å². The largest absolute Gasteiger partial charge is 0.361 e. The zero-order valence-electron chi connectivity index (χ0n) is 20.7. The summed E-state index contributed by atoms with van der Waals surface area (Å²) in [5, 5.41) is 17.9. The molecule has 0 amide bonds. The number of hydrogen-bond donors (Lipinski definition) is 3. The molecule has 5 rings (SSSR count). The average Bonchev–Trinajstić information content (AvgIpc) is 3.43. The fourth-order valence-corrected chi connectivity index (χ4v) is 4.33. The van der Waals surface area contributed by atoms with Gasteiger partial charge in [0.25, 0.3) is 0 Å². The summed E-state index contributed by atoms with van der Waals surface area (Å²) in [6.07, 6.45) is 14.0. The van der Waals surface area contributed by atoms with Crippen molar-refractivity contribution in [2.45, 2.75) is 19.9 Å². The molecule has 3 N–H and O–H groups in total. The standard InChI is InChI=1S/C31H28N6/c1-22-28-13-17-36-30(28)9-8-29(22)37-31-26(20-35-21-27(31)18-32)7-6-23-2-4-25(5-3-23)19-34-16-12-24-10-14-33-15-11-24/h2-11,13-15,17,20-21,34,36H,12,16,19H2,1H3,(H,35,37)/b7-6+. The number of nitrogens with zero attached hydrogens (tertiary/aromatic N) is 3. The van der Waals surface area contributed by atoms with Crippen molar-refractivity contribution in [2.75, 3.05) is 11.9 Å². The van der Waals surface area contributed by atoms with Crippen LogP contribution < -0.4 is 10.6 Å². The number of H-pyrrole nitrogens is 1. The predicted octanol–water partition coefficient (Wildman–Crippen LogP) is 6.38. The van der Waals surface area contributed by atoms with E-state index in [-0.39, 0.29) is 0 Å². The van der Waals surface area contributed by atoms with Crippen molar-refractivity contribution in [3.05, 3.63) is 119 Å². The number of benzene rings is 2. The van der Waals surface area contributed by atoms with E-state index < -0.39 is 0 Å². The highest BCUT2D eigenvalue weighted by Gasteiger charge is 2.11. The van der Waals surface area contributed by atoms with E-state index >= 15 is 0 Å². The van der Waals surface area contributed by atoms with Crippen molar-refractivity contribution < 1.29 is 0 Å². The van der Waals surface area contributed by atoms with Crippen LogP contribution in [-0.4, -0.2) is 21.5 Å². The third-order valence-corrected chi connectivity index (χ3v) is 6.46. The molecule has 0 saturated heterocycles. The van der Waals surface area contributed by atoms with E-state index in [1.54, 1.807) is 12.4 Å². The zero-order valence-corrected chi connectivity index (χ0v) is 20.7. The van der Waals surface area contributed by atoms with E-state index in [0.29, 0.717) is 5.56 Å². The molecule has 6 heteroatoms. The van der Waals surface area contributed by atoms with E-state index in [1.165, 1.54) is 11.1 Å². The molecule has 0 bridgehead atoms. The minimum Gasteiger partial charge on any atom is -0.361 e. The summed E-state index contributed by atoms with van der Waals surface area (Å²) in [5.41, 5.74) is 8.89. The molecule has 0 aliphatic rings. The molecule has 3 heterocycles. The molecule has 0 spiro atoms. The summed E-state index contributed by atoms with van der Waals surface area (Å²) < 4.78 is 0. The number of aromatic nitrogens is 3. The molecule has 0 saturated carbocycles. The van der Waals surface area contributed by atoms with E-state index in [1.807, 2.05) is 55.0 Å². The molecule has 5 aromatic rings. The number of nitriles is 1. The van der Waals surface area contributed by atoms with Crippen LogP contribution >= 0.6 is 0 Å². The van der Waals surface area contributed by atoms with Gasteiger partial charge in [0, 0.05) is 59.7 Å². The minimum atomic E-state index is 0.504.